The standard InChI is InChI=1S/C18H15BrN4O3/c1-11(26-20-10-12-6-8-13(19)9-7-12)17(24)23-22-16-14-4-2-3-5-15(14)21-18(16)25/h2-11,21,25H,1H3. The molecule has 0 aliphatic heterocycles. The van der Waals surface area contributed by atoms with Crippen LogP contribution >= 0.6 is 15.9 Å². The van der Waals surface area contributed by atoms with Crippen LogP contribution in [0.3, 0.4) is 0 Å². The van der Waals surface area contributed by atoms with E-state index in [4.69, 9.17) is 4.84 Å². The van der Waals surface area contributed by atoms with Gasteiger partial charge >= 0.3 is 5.91 Å². The van der Waals surface area contributed by atoms with Crippen LogP contribution in [0.15, 0.2) is 68.4 Å². The fourth-order valence-electron chi connectivity index (χ4n) is 2.17. The number of H-pyrrole nitrogens is 1. The summed E-state index contributed by atoms with van der Waals surface area (Å²) in [5.41, 5.74) is 1.74. The maximum atomic E-state index is 12.0. The molecule has 0 saturated heterocycles. The highest BCUT2D eigenvalue weighted by Crippen LogP contribution is 2.35. The second kappa shape index (κ2) is 7.92. The summed E-state index contributed by atoms with van der Waals surface area (Å²) in [7, 11) is 0. The molecule has 0 fully saturated rings. The number of carbonyl (C=O) groups excluding carboxylic acids is 1. The van der Waals surface area contributed by atoms with Gasteiger partial charge in [0.25, 0.3) is 0 Å². The monoisotopic (exact) mass is 414 g/mol. The van der Waals surface area contributed by atoms with Gasteiger partial charge in [0, 0.05) is 9.86 Å². The van der Waals surface area contributed by atoms with Crippen molar-refractivity contribution in [3.63, 3.8) is 0 Å². The number of nitrogens with one attached hydrogen (secondary N) is 1. The van der Waals surface area contributed by atoms with Gasteiger partial charge in [0.1, 0.15) is 0 Å². The molecule has 0 aliphatic rings. The molecule has 0 aliphatic carbocycles. The Bertz CT molecular complexity index is 980. The van der Waals surface area contributed by atoms with Crippen molar-refractivity contribution in [2.24, 2.45) is 15.4 Å². The van der Waals surface area contributed by atoms with Crippen LogP contribution in [-0.2, 0) is 9.63 Å². The molecule has 3 aromatic rings. The number of halogens is 1. The minimum atomic E-state index is -0.905. The summed E-state index contributed by atoms with van der Waals surface area (Å²) in [5, 5.41) is 21.8. The molecule has 2 N–H and O–H groups in total. The van der Waals surface area contributed by atoms with Crippen LogP contribution in [0.1, 0.15) is 12.5 Å². The van der Waals surface area contributed by atoms with Crippen molar-refractivity contribution < 1.29 is 14.7 Å². The van der Waals surface area contributed by atoms with Crippen LogP contribution < -0.4 is 0 Å². The van der Waals surface area contributed by atoms with Crippen LogP contribution in [0.4, 0.5) is 5.69 Å². The summed E-state index contributed by atoms with van der Waals surface area (Å²) in [6.45, 7) is 1.52. The Morgan fingerprint density at radius 2 is 1.96 bits per heavy atom. The van der Waals surface area contributed by atoms with E-state index in [0.717, 1.165) is 10.0 Å². The van der Waals surface area contributed by atoms with E-state index in [-0.39, 0.29) is 11.6 Å². The van der Waals surface area contributed by atoms with Gasteiger partial charge in [0.2, 0.25) is 12.0 Å². The first-order chi connectivity index (χ1) is 12.5. The molecule has 132 valence electrons. The summed E-state index contributed by atoms with van der Waals surface area (Å²) in [6, 6.07) is 14.6. The van der Waals surface area contributed by atoms with E-state index in [1.165, 1.54) is 13.1 Å². The SMILES string of the molecule is CC(ON=Cc1ccc(Br)cc1)C(=O)N=Nc1c(O)[nH]c2ccccc12. The predicted octanol–water partition coefficient (Wildman–Crippen LogP) is 4.69. The number of fused-ring (bicyclic) bond motifs is 1. The molecule has 1 unspecified atom stereocenters. The molecule has 1 heterocycles. The van der Waals surface area contributed by atoms with E-state index in [9.17, 15) is 9.90 Å². The minimum absolute atomic E-state index is 0.149. The number of azo groups is 1. The lowest BCUT2D eigenvalue weighted by molar-refractivity contribution is -0.128. The lowest BCUT2D eigenvalue weighted by Crippen LogP contribution is -2.15. The van der Waals surface area contributed by atoms with Gasteiger partial charge in [-0.15, -0.1) is 10.2 Å². The quantitative estimate of drug-likeness (QED) is 0.359. The van der Waals surface area contributed by atoms with Crippen molar-refractivity contribution in [1.29, 1.82) is 0 Å². The molecule has 7 nitrogen and oxygen atoms in total. The zero-order valence-electron chi connectivity index (χ0n) is 13.8. The van der Waals surface area contributed by atoms with Gasteiger partial charge in [0.15, 0.2) is 5.69 Å². The number of rotatable bonds is 5. The molecule has 0 spiro atoms. The van der Waals surface area contributed by atoms with Crippen molar-refractivity contribution in [3.8, 4) is 5.88 Å². The first-order valence-corrected chi connectivity index (χ1v) is 8.54. The van der Waals surface area contributed by atoms with Gasteiger partial charge in [-0.3, -0.25) is 4.79 Å². The van der Waals surface area contributed by atoms with Crippen molar-refractivity contribution in [2.75, 3.05) is 0 Å². The number of nitrogens with zero attached hydrogens (tertiary/aromatic N) is 3. The number of carbonyl (C=O) groups is 1. The first kappa shape index (κ1) is 17.8. The normalized spacial score (nSPS) is 12.8. The molecular weight excluding hydrogens is 400 g/mol. The van der Waals surface area contributed by atoms with Crippen LogP contribution in [0.5, 0.6) is 5.88 Å². The fraction of sp³-hybridized carbons (Fsp3) is 0.111. The molecule has 2 aromatic carbocycles. The molecule has 26 heavy (non-hydrogen) atoms. The summed E-state index contributed by atoms with van der Waals surface area (Å²) >= 11 is 3.35. The van der Waals surface area contributed by atoms with Crippen molar-refractivity contribution in [2.45, 2.75) is 13.0 Å². The zero-order valence-corrected chi connectivity index (χ0v) is 15.3. The number of amides is 1. The second-order valence-electron chi connectivity index (χ2n) is 5.44. The topological polar surface area (TPSA) is 99.4 Å². The summed E-state index contributed by atoms with van der Waals surface area (Å²) in [4.78, 5) is 19.9. The summed E-state index contributed by atoms with van der Waals surface area (Å²) < 4.78 is 0.958. The molecule has 1 atom stereocenters. The third-order valence-corrected chi connectivity index (χ3v) is 4.08. The van der Waals surface area contributed by atoms with E-state index < -0.39 is 12.0 Å². The Morgan fingerprint density at radius 1 is 1.23 bits per heavy atom. The highest BCUT2D eigenvalue weighted by atomic mass is 79.9. The average Bonchev–Trinajstić information content (AvgIpc) is 2.96. The largest absolute Gasteiger partial charge is 0.493 e. The zero-order chi connectivity index (χ0) is 18.5. The van der Waals surface area contributed by atoms with Crippen molar-refractivity contribution in [1.82, 2.24) is 4.98 Å². The smallest absolute Gasteiger partial charge is 0.307 e. The molecular formula is C18H15BrN4O3. The Balaban J connectivity index is 1.64. The maximum absolute atomic E-state index is 12.0. The Kier molecular flexibility index (Phi) is 5.43. The van der Waals surface area contributed by atoms with Gasteiger partial charge < -0.3 is 14.9 Å². The Morgan fingerprint density at radius 3 is 2.73 bits per heavy atom. The van der Waals surface area contributed by atoms with E-state index in [0.29, 0.717) is 10.9 Å². The summed E-state index contributed by atoms with van der Waals surface area (Å²) in [6.07, 6.45) is 0.594. The fourth-order valence-corrected chi connectivity index (χ4v) is 2.44. The van der Waals surface area contributed by atoms with Gasteiger partial charge in [-0.25, -0.2) is 0 Å². The molecule has 3 rings (SSSR count). The predicted molar refractivity (Wildman–Crippen MR) is 102 cm³/mol. The van der Waals surface area contributed by atoms with Gasteiger partial charge in [0.05, 0.1) is 11.7 Å². The van der Waals surface area contributed by atoms with E-state index in [2.05, 4.69) is 36.3 Å². The lowest BCUT2D eigenvalue weighted by atomic mass is 10.2. The van der Waals surface area contributed by atoms with Crippen LogP contribution in [0.25, 0.3) is 10.9 Å². The molecule has 8 heteroatoms. The molecule has 0 bridgehead atoms. The molecule has 1 amide bonds. The average molecular weight is 415 g/mol. The van der Waals surface area contributed by atoms with E-state index in [1.54, 1.807) is 18.2 Å². The maximum Gasteiger partial charge on any atom is 0.307 e. The number of hydrogen-bond donors (Lipinski definition) is 2. The third-order valence-electron chi connectivity index (χ3n) is 3.55. The number of benzene rings is 2. The van der Waals surface area contributed by atoms with E-state index >= 15 is 0 Å². The van der Waals surface area contributed by atoms with Crippen molar-refractivity contribution in [3.05, 3.63) is 58.6 Å². The molecule has 0 saturated carbocycles. The molecule has 0 radical (unpaired) electrons. The number of oxime groups is 1. The van der Waals surface area contributed by atoms with E-state index in [1.807, 2.05) is 30.3 Å². The van der Waals surface area contributed by atoms with Crippen LogP contribution in [0.2, 0.25) is 0 Å². The summed E-state index contributed by atoms with van der Waals surface area (Å²) in [5.74, 6) is -0.757. The highest BCUT2D eigenvalue weighted by Gasteiger charge is 2.15. The number of aromatic nitrogens is 1. The number of aromatic amines is 1. The van der Waals surface area contributed by atoms with Gasteiger partial charge in [-0.1, -0.05) is 51.4 Å². The Labute approximate surface area is 157 Å². The van der Waals surface area contributed by atoms with Crippen LogP contribution in [0, 0.1) is 0 Å². The number of para-hydroxylation sites is 1. The highest BCUT2D eigenvalue weighted by molar-refractivity contribution is 9.10. The van der Waals surface area contributed by atoms with Crippen LogP contribution in [-0.4, -0.2) is 28.3 Å². The number of hydrogen-bond acceptors (Lipinski definition) is 5. The van der Waals surface area contributed by atoms with Crippen molar-refractivity contribution >= 4 is 44.6 Å². The Hall–Kier alpha value is -3.00. The third kappa shape index (κ3) is 4.15. The number of aromatic hydroxyl groups is 1. The lowest BCUT2D eigenvalue weighted by Gasteiger charge is -2.03. The van der Waals surface area contributed by atoms with Gasteiger partial charge in [-0.05, 0) is 30.7 Å². The van der Waals surface area contributed by atoms with Gasteiger partial charge in [-0.2, -0.15) is 0 Å². The molecule has 1 aromatic heterocycles. The first-order valence-electron chi connectivity index (χ1n) is 7.74. The minimum Gasteiger partial charge on any atom is -0.493 e. The second-order valence-corrected chi connectivity index (χ2v) is 6.36.